The lowest BCUT2D eigenvalue weighted by atomic mass is 10.4. The third-order valence-corrected chi connectivity index (χ3v) is 2.09. The summed E-state index contributed by atoms with van der Waals surface area (Å²) in [6.07, 6.45) is 2.11. The Morgan fingerprint density at radius 3 is 2.00 bits per heavy atom. The molecular weight excluding hydrogens is 158 g/mol. The molecular formula is C7H19N3S. The van der Waals surface area contributed by atoms with Crippen LogP contribution in [0.3, 0.4) is 0 Å². The summed E-state index contributed by atoms with van der Waals surface area (Å²) in [4.78, 5) is 2.30. The largest absolute Gasteiger partial charge is 0.329 e. The van der Waals surface area contributed by atoms with Crippen LogP contribution in [0.1, 0.15) is 0 Å². The molecule has 68 valence electrons. The van der Waals surface area contributed by atoms with Crippen LogP contribution in [0.15, 0.2) is 0 Å². The first kappa shape index (κ1) is 11.2. The molecule has 0 aliphatic carbocycles. The van der Waals surface area contributed by atoms with Crippen molar-refractivity contribution in [3.05, 3.63) is 0 Å². The lowest BCUT2D eigenvalue weighted by molar-refractivity contribution is 0.307. The Morgan fingerprint density at radius 1 is 1.09 bits per heavy atom. The first-order valence-electron chi connectivity index (χ1n) is 3.96. The molecule has 4 N–H and O–H groups in total. The zero-order valence-corrected chi connectivity index (χ0v) is 8.07. The van der Waals surface area contributed by atoms with Crippen molar-refractivity contribution >= 4 is 11.8 Å². The van der Waals surface area contributed by atoms with Crippen LogP contribution >= 0.6 is 11.8 Å². The van der Waals surface area contributed by atoms with Crippen molar-refractivity contribution in [2.45, 2.75) is 0 Å². The monoisotopic (exact) mass is 177 g/mol. The van der Waals surface area contributed by atoms with E-state index in [1.165, 1.54) is 5.75 Å². The molecule has 0 aromatic heterocycles. The van der Waals surface area contributed by atoms with Gasteiger partial charge in [-0.2, -0.15) is 11.8 Å². The Balaban J connectivity index is 3.34. The van der Waals surface area contributed by atoms with Crippen molar-refractivity contribution < 1.29 is 0 Å². The molecule has 0 saturated carbocycles. The maximum atomic E-state index is 5.44. The summed E-state index contributed by atoms with van der Waals surface area (Å²) in [6.45, 7) is 4.51. The summed E-state index contributed by atoms with van der Waals surface area (Å²) in [7, 11) is 0. The van der Waals surface area contributed by atoms with Crippen molar-refractivity contribution in [3.63, 3.8) is 0 Å². The van der Waals surface area contributed by atoms with Crippen LogP contribution in [-0.4, -0.2) is 49.6 Å². The molecule has 0 unspecified atom stereocenters. The second-order valence-electron chi connectivity index (χ2n) is 2.41. The van der Waals surface area contributed by atoms with Gasteiger partial charge in [0.15, 0.2) is 0 Å². The van der Waals surface area contributed by atoms with Gasteiger partial charge in [-0.25, -0.2) is 0 Å². The van der Waals surface area contributed by atoms with E-state index in [4.69, 9.17) is 11.5 Å². The Labute approximate surface area is 73.5 Å². The van der Waals surface area contributed by atoms with E-state index < -0.39 is 0 Å². The van der Waals surface area contributed by atoms with Crippen molar-refractivity contribution in [2.75, 3.05) is 44.7 Å². The molecule has 0 heterocycles. The molecule has 0 radical (unpaired) electrons. The summed E-state index contributed by atoms with van der Waals surface area (Å²) in [5, 5.41) is 0. The second kappa shape index (κ2) is 8.33. The number of nitrogens with two attached hydrogens (primary N) is 2. The van der Waals surface area contributed by atoms with Gasteiger partial charge in [-0.05, 0) is 6.26 Å². The van der Waals surface area contributed by atoms with Crippen LogP contribution in [0.25, 0.3) is 0 Å². The summed E-state index contributed by atoms with van der Waals surface area (Å²) in [6, 6.07) is 0. The molecule has 0 rings (SSSR count). The number of hydrogen-bond donors (Lipinski definition) is 2. The van der Waals surface area contributed by atoms with Crippen LogP contribution in [0.4, 0.5) is 0 Å². The van der Waals surface area contributed by atoms with E-state index in [-0.39, 0.29) is 0 Å². The maximum Gasteiger partial charge on any atom is 0.0105 e. The lowest BCUT2D eigenvalue weighted by Crippen LogP contribution is -2.35. The molecule has 0 spiro atoms. The van der Waals surface area contributed by atoms with Crippen molar-refractivity contribution in [3.8, 4) is 0 Å². The highest BCUT2D eigenvalue weighted by atomic mass is 32.2. The van der Waals surface area contributed by atoms with Gasteiger partial charge in [-0.1, -0.05) is 0 Å². The highest BCUT2D eigenvalue weighted by molar-refractivity contribution is 7.98. The van der Waals surface area contributed by atoms with Crippen LogP contribution in [0.5, 0.6) is 0 Å². The quantitative estimate of drug-likeness (QED) is 0.554. The minimum atomic E-state index is 0.731. The standard InChI is InChI=1S/C7H19N3S/c1-11-7-6-10(4-2-8)5-3-9/h2-9H2,1H3. The second-order valence-corrected chi connectivity index (χ2v) is 3.40. The van der Waals surface area contributed by atoms with Gasteiger partial charge < -0.3 is 16.4 Å². The van der Waals surface area contributed by atoms with E-state index in [2.05, 4.69) is 11.2 Å². The number of thioether (sulfide) groups is 1. The van der Waals surface area contributed by atoms with Crippen molar-refractivity contribution in [2.24, 2.45) is 11.5 Å². The average Bonchev–Trinajstić information content (AvgIpc) is 2.01. The van der Waals surface area contributed by atoms with E-state index in [9.17, 15) is 0 Å². The molecule has 0 aromatic carbocycles. The fraction of sp³-hybridized carbons (Fsp3) is 1.00. The maximum absolute atomic E-state index is 5.44. The van der Waals surface area contributed by atoms with Gasteiger partial charge in [-0.3, -0.25) is 0 Å². The lowest BCUT2D eigenvalue weighted by Gasteiger charge is -2.19. The normalized spacial score (nSPS) is 10.9. The predicted molar refractivity (Wildman–Crippen MR) is 52.9 cm³/mol. The summed E-state index contributed by atoms with van der Waals surface area (Å²) < 4.78 is 0. The Hall–Kier alpha value is 0.230. The summed E-state index contributed by atoms with van der Waals surface area (Å²) in [5.74, 6) is 1.17. The SMILES string of the molecule is CSCCN(CCN)CCN. The summed E-state index contributed by atoms with van der Waals surface area (Å²) in [5.41, 5.74) is 10.9. The molecule has 0 saturated heterocycles. The first-order valence-corrected chi connectivity index (χ1v) is 5.36. The smallest absolute Gasteiger partial charge is 0.0105 e. The molecule has 4 heteroatoms. The highest BCUT2D eigenvalue weighted by Crippen LogP contribution is 1.93. The third-order valence-electron chi connectivity index (χ3n) is 1.50. The third kappa shape index (κ3) is 6.62. The Kier molecular flexibility index (Phi) is 8.50. The molecule has 0 bridgehead atoms. The molecule has 3 nitrogen and oxygen atoms in total. The Morgan fingerprint density at radius 2 is 1.64 bits per heavy atom. The van der Waals surface area contributed by atoms with Gasteiger partial charge in [0.05, 0.1) is 0 Å². The molecule has 0 amide bonds. The fourth-order valence-electron chi connectivity index (χ4n) is 0.921. The Bertz CT molecular complexity index is 74.1. The minimum absolute atomic E-state index is 0.731. The van der Waals surface area contributed by atoms with E-state index in [1.807, 2.05) is 11.8 Å². The molecule has 0 fully saturated rings. The molecule has 11 heavy (non-hydrogen) atoms. The molecule has 0 atom stereocenters. The fourth-order valence-corrected chi connectivity index (χ4v) is 1.36. The van der Waals surface area contributed by atoms with Crippen LogP contribution in [-0.2, 0) is 0 Å². The minimum Gasteiger partial charge on any atom is -0.329 e. The average molecular weight is 177 g/mol. The topological polar surface area (TPSA) is 55.3 Å². The number of rotatable bonds is 7. The van der Waals surface area contributed by atoms with Gasteiger partial charge in [0.1, 0.15) is 0 Å². The zero-order valence-electron chi connectivity index (χ0n) is 7.25. The number of nitrogens with zero attached hydrogens (tertiary/aromatic N) is 1. The summed E-state index contributed by atoms with van der Waals surface area (Å²) >= 11 is 1.86. The molecule has 0 aliphatic rings. The van der Waals surface area contributed by atoms with Crippen molar-refractivity contribution in [1.29, 1.82) is 0 Å². The van der Waals surface area contributed by atoms with Gasteiger partial charge in [0, 0.05) is 38.5 Å². The first-order chi connectivity index (χ1) is 5.35. The molecule has 0 aliphatic heterocycles. The van der Waals surface area contributed by atoms with Crippen LogP contribution in [0.2, 0.25) is 0 Å². The van der Waals surface area contributed by atoms with Gasteiger partial charge >= 0.3 is 0 Å². The van der Waals surface area contributed by atoms with Gasteiger partial charge in [-0.15, -0.1) is 0 Å². The van der Waals surface area contributed by atoms with E-state index in [1.54, 1.807) is 0 Å². The number of hydrogen-bond acceptors (Lipinski definition) is 4. The van der Waals surface area contributed by atoms with Crippen LogP contribution in [0, 0.1) is 0 Å². The van der Waals surface area contributed by atoms with E-state index >= 15 is 0 Å². The van der Waals surface area contributed by atoms with E-state index in [0.29, 0.717) is 0 Å². The zero-order chi connectivity index (χ0) is 8.53. The highest BCUT2D eigenvalue weighted by Gasteiger charge is 2.00. The van der Waals surface area contributed by atoms with Gasteiger partial charge in [0.25, 0.3) is 0 Å². The molecule has 0 aromatic rings. The van der Waals surface area contributed by atoms with Gasteiger partial charge in [0.2, 0.25) is 0 Å². The van der Waals surface area contributed by atoms with Crippen LogP contribution < -0.4 is 11.5 Å². The van der Waals surface area contributed by atoms with E-state index in [0.717, 1.165) is 32.7 Å². The predicted octanol–water partition coefficient (Wildman–Crippen LogP) is -0.431. The van der Waals surface area contributed by atoms with Crippen molar-refractivity contribution in [1.82, 2.24) is 4.90 Å².